The van der Waals surface area contributed by atoms with E-state index in [2.05, 4.69) is 15.3 Å². The van der Waals surface area contributed by atoms with Gasteiger partial charge in [0.2, 0.25) is 5.91 Å². The van der Waals surface area contributed by atoms with Crippen LogP contribution in [0.5, 0.6) is 0 Å². The van der Waals surface area contributed by atoms with Gasteiger partial charge in [-0.2, -0.15) is 5.10 Å². The number of aryl methyl sites for hydroxylation is 1. The van der Waals surface area contributed by atoms with Gasteiger partial charge in [-0.05, 0) is 44.0 Å². The molecule has 0 saturated carbocycles. The Labute approximate surface area is 176 Å². The van der Waals surface area contributed by atoms with Gasteiger partial charge < -0.3 is 10.2 Å². The van der Waals surface area contributed by atoms with E-state index in [0.717, 1.165) is 36.3 Å². The molecule has 3 aromatic rings. The first kappa shape index (κ1) is 20.3. The fourth-order valence-corrected chi connectivity index (χ4v) is 4.00. The number of nitrogens with zero attached hydrogens (tertiary/aromatic N) is 3. The lowest BCUT2D eigenvalue weighted by molar-refractivity contribution is -0.121. The lowest BCUT2D eigenvalue weighted by Gasteiger charge is -2.16. The summed E-state index contributed by atoms with van der Waals surface area (Å²) in [7, 11) is 0. The van der Waals surface area contributed by atoms with Gasteiger partial charge in [0.25, 0.3) is 5.56 Å². The van der Waals surface area contributed by atoms with E-state index < -0.39 is 0 Å². The third-order valence-corrected chi connectivity index (χ3v) is 5.71. The van der Waals surface area contributed by atoms with Gasteiger partial charge in [-0.3, -0.25) is 9.59 Å². The molecule has 0 atom stereocenters. The van der Waals surface area contributed by atoms with E-state index in [1.54, 1.807) is 4.68 Å². The SMILES string of the molecule is O=C(CCc1ccccc1)NCc1nn(CCN2CCCC2)c(=O)c2ccccc12. The van der Waals surface area contributed by atoms with Crippen molar-refractivity contribution in [2.45, 2.75) is 38.8 Å². The standard InChI is InChI=1S/C24H28N4O2/c29-23(13-12-19-8-2-1-3-9-19)25-18-22-20-10-4-5-11-21(20)24(30)28(26-22)17-16-27-14-6-7-15-27/h1-5,8-11H,6-7,12-18H2,(H,25,29). The van der Waals surface area contributed by atoms with Gasteiger partial charge in [0.15, 0.2) is 0 Å². The van der Waals surface area contributed by atoms with E-state index in [1.807, 2.05) is 54.6 Å². The van der Waals surface area contributed by atoms with Crippen LogP contribution in [0.4, 0.5) is 0 Å². The lowest BCUT2D eigenvalue weighted by atomic mass is 10.1. The van der Waals surface area contributed by atoms with Gasteiger partial charge in [0.05, 0.1) is 24.2 Å². The number of carbonyl (C=O) groups excluding carboxylic acids is 1. The van der Waals surface area contributed by atoms with E-state index in [0.29, 0.717) is 31.3 Å². The van der Waals surface area contributed by atoms with Crippen molar-refractivity contribution in [2.75, 3.05) is 19.6 Å². The highest BCUT2D eigenvalue weighted by molar-refractivity contribution is 5.84. The van der Waals surface area contributed by atoms with Crippen molar-refractivity contribution >= 4 is 16.7 Å². The molecule has 1 aliphatic rings. The molecule has 1 saturated heterocycles. The Morgan fingerprint density at radius 3 is 2.40 bits per heavy atom. The Kier molecular flexibility index (Phi) is 6.54. The number of benzene rings is 2. The fraction of sp³-hybridized carbons (Fsp3) is 0.375. The van der Waals surface area contributed by atoms with Gasteiger partial charge in [0, 0.05) is 18.4 Å². The highest BCUT2D eigenvalue weighted by Crippen LogP contribution is 2.14. The maximum Gasteiger partial charge on any atom is 0.274 e. The number of carbonyl (C=O) groups is 1. The zero-order valence-electron chi connectivity index (χ0n) is 17.2. The van der Waals surface area contributed by atoms with Crippen LogP contribution in [0, 0.1) is 0 Å². The lowest BCUT2D eigenvalue weighted by Crippen LogP contribution is -2.32. The van der Waals surface area contributed by atoms with E-state index in [4.69, 9.17) is 0 Å². The minimum atomic E-state index is -0.0658. The summed E-state index contributed by atoms with van der Waals surface area (Å²) in [5.41, 5.74) is 1.82. The van der Waals surface area contributed by atoms with Crippen molar-refractivity contribution < 1.29 is 4.79 Å². The van der Waals surface area contributed by atoms with Crippen molar-refractivity contribution in [2.24, 2.45) is 0 Å². The molecule has 1 aliphatic heterocycles. The quantitative estimate of drug-likeness (QED) is 0.627. The molecular weight excluding hydrogens is 376 g/mol. The minimum Gasteiger partial charge on any atom is -0.350 e. The number of hydrogen-bond acceptors (Lipinski definition) is 4. The first-order valence-electron chi connectivity index (χ1n) is 10.7. The smallest absolute Gasteiger partial charge is 0.274 e. The van der Waals surface area contributed by atoms with Gasteiger partial charge in [-0.1, -0.05) is 48.5 Å². The third kappa shape index (κ3) is 4.94. The molecule has 1 fully saturated rings. The average molecular weight is 405 g/mol. The zero-order chi connectivity index (χ0) is 20.8. The second-order valence-corrected chi connectivity index (χ2v) is 7.83. The van der Waals surface area contributed by atoms with Crippen molar-refractivity contribution in [3.63, 3.8) is 0 Å². The molecule has 1 amide bonds. The van der Waals surface area contributed by atoms with Crippen LogP contribution in [0.1, 0.15) is 30.5 Å². The number of hydrogen-bond donors (Lipinski definition) is 1. The van der Waals surface area contributed by atoms with Crippen molar-refractivity contribution in [3.05, 3.63) is 76.2 Å². The topological polar surface area (TPSA) is 67.2 Å². The Balaban J connectivity index is 1.45. The first-order chi connectivity index (χ1) is 14.7. The largest absolute Gasteiger partial charge is 0.350 e. The van der Waals surface area contributed by atoms with E-state index in [-0.39, 0.29) is 11.5 Å². The van der Waals surface area contributed by atoms with Crippen LogP contribution in [0.2, 0.25) is 0 Å². The minimum absolute atomic E-state index is 0.0143. The first-order valence-corrected chi connectivity index (χ1v) is 10.7. The Hall–Kier alpha value is -2.99. The van der Waals surface area contributed by atoms with Gasteiger partial charge in [-0.25, -0.2) is 4.68 Å². The molecule has 6 heteroatoms. The van der Waals surface area contributed by atoms with E-state index >= 15 is 0 Å². The maximum atomic E-state index is 12.9. The molecule has 0 aliphatic carbocycles. The van der Waals surface area contributed by atoms with E-state index in [9.17, 15) is 9.59 Å². The van der Waals surface area contributed by atoms with Gasteiger partial charge >= 0.3 is 0 Å². The van der Waals surface area contributed by atoms with Gasteiger partial charge in [0.1, 0.15) is 0 Å². The molecular formula is C24H28N4O2. The number of likely N-dealkylation sites (tertiary alicyclic amines) is 1. The van der Waals surface area contributed by atoms with Crippen molar-refractivity contribution in [1.29, 1.82) is 0 Å². The Bertz CT molecular complexity index is 1060. The van der Waals surface area contributed by atoms with Crippen LogP contribution in [-0.2, 0) is 24.3 Å². The summed E-state index contributed by atoms with van der Waals surface area (Å²) in [6.45, 7) is 3.89. The van der Waals surface area contributed by atoms with Crippen LogP contribution < -0.4 is 10.9 Å². The van der Waals surface area contributed by atoms with Crippen LogP contribution in [0.3, 0.4) is 0 Å². The molecule has 0 radical (unpaired) electrons. The summed E-state index contributed by atoms with van der Waals surface area (Å²) in [6, 6.07) is 17.5. The highest BCUT2D eigenvalue weighted by atomic mass is 16.1. The van der Waals surface area contributed by atoms with Crippen LogP contribution in [-0.4, -0.2) is 40.2 Å². The fourth-order valence-electron chi connectivity index (χ4n) is 4.00. The monoisotopic (exact) mass is 404 g/mol. The third-order valence-electron chi connectivity index (χ3n) is 5.71. The molecule has 0 bridgehead atoms. The molecule has 2 heterocycles. The molecule has 4 rings (SSSR count). The molecule has 2 aromatic carbocycles. The zero-order valence-corrected chi connectivity index (χ0v) is 17.2. The van der Waals surface area contributed by atoms with Crippen LogP contribution in [0.15, 0.2) is 59.4 Å². The van der Waals surface area contributed by atoms with Gasteiger partial charge in [-0.15, -0.1) is 0 Å². The molecule has 30 heavy (non-hydrogen) atoms. The summed E-state index contributed by atoms with van der Waals surface area (Å²) in [5, 5.41) is 9.06. The van der Waals surface area contributed by atoms with Crippen LogP contribution in [0.25, 0.3) is 10.8 Å². The number of fused-ring (bicyclic) bond motifs is 1. The summed E-state index contributed by atoms with van der Waals surface area (Å²) in [4.78, 5) is 27.6. The van der Waals surface area contributed by atoms with Crippen molar-refractivity contribution in [1.82, 2.24) is 20.0 Å². The summed E-state index contributed by atoms with van der Waals surface area (Å²) >= 11 is 0. The highest BCUT2D eigenvalue weighted by Gasteiger charge is 2.14. The average Bonchev–Trinajstić information content (AvgIpc) is 3.31. The van der Waals surface area contributed by atoms with E-state index in [1.165, 1.54) is 12.8 Å². The second-order valence-electron chi connectivity index (χ2n) is 7.83. The molecule has 0 unspecified atom stereocenters. The Morgan fingerprint density at radius 1 is 0.933 bits per heavy atom. The molecule has 0 spiro atoms. The van der Waals surface area contributed by atoms with Crippen LogP contribution >= 0.6 is 0 Å². The maximum absolute atomic E-state index is 12.9. The normalized spacial score (nSPS) is 14.3. The summed E-state index contributed by atoms with van der Waals surface area (Å²) in [6.07, 6.45) is 3.58. The second kappa shape index (κ2) is 9.67. The predicted octanol–water partition coefficient (Wildman–Crippen LogP) is 2.74. The summed E-state index contributed by atoms with van der Waals surface area (Å²) in [5.74, 6) is -0.0143. The number of rotatable bonds is 8. The molecule has 156 valence electrons. The molecule has 6 nitrogen and oxygen atoms in total. The number of aromatic nitrogens is 2. The number of amides is 1. The summed E-state index contributed by atoms with van der Waals surface area (Å²) < 4.78 is 1.56. The van der Waals surface area contributed by atoms with Crippen molar-refractivity contribution in [3.8, 4) is 0 Å². The number of nitrogens with one attached hydrogen (secondary N) is 1. The predicted molar refractivity (Wildman–Crippen MR) is 118 cm³/mol. The Morgan fingerprint density at radius 2 is 1.63 bits per heavy atom. The molecule has 1 N–H and O–H groups in total. The molecule has 1 aromatic heterocycles.